The van der Waals surface area contributed by atoms with Crippen molar-refractivity contribution < 1.29 is 4.79 Å². The zero-order valence-corrected chi connectivity index (χ0v) is 11.3. The maximum Gasteiger partial charge on any atom is 0.253 e. The predicted octanol–water partition coefficient (Wildman–Crippen LogP) is 3.14. The number of nitrogens with one attached hydrogen (secondary N) is 1. The van der Waals surface area contributed by atoms with Gasteiger partial charge in [-0.25, -0.2) is 0 Å². The zero-order valence-electron chi connectivity index (χ0n) is 9.70. The fraction of sp³-hybridized carbons (Fsp3) is 0.231. The van der Waals surface area contributed by atoms with Crippen LogP contribution in [0.5, 0.6) is 0 Å². The highest BCUT2D eigenvalue weighted by Crippen LogP contribution is 2.22. The van der Waals surface area contributed by atoms with Gasteiger partial charge in [0, 0.05) is 22.1 Å². The number of hydrogen-bond acceptors (Lipinski definition) is 2. The highest BCUT2D eigenvalue weighted by atomic mass is 79.9. The van der Waals surface area contributed by atoms with E-state index in [9.17, 15) is 4.79 Å². The van der Waals surface area contributed by atoms with Gasteiger partial charge in [-0.2, -0.15) is 0 Å². The lowest BCUT2D eigenvalue weighted by Crippen LogP contribution is -2.30. The summed E-state index contributed by atoms with van der Waals surface area (Å²) in [7, 11) is 0. The Morgan fingerprint density at radius 3 is 2.88 bits per heavy atom. The van der Waals surface area contributed by atoms with Crippen molar-refractivity contribution in [2.45, 2.75) is 19.9 Å². The lowest BCUT2D eigenvalue weighted by atomic mass is 10.1. The fourth-order valence-corrected chi connectivity index (χ4v) is 2.08. The van der Waals surface area contributed by atoms with Gasteiger partial charge in [-0.3, -0.25) is 9.78 Å². The SMILES string of the molecule is CC(C)NC(=O)c1cnc2c(Br)cccc2c1. The summed E-state index contributed by atoms with van der Waals surface area (Å²) in [6, 6.07) is 7.78. The van der Waals surface area contributed by atoms with Gasteiger partial charge >= 0.3 is 0 Å². The Kier molecular flexibility index (Phi) is 3.43. The smallest absolute Gasteiger partial charge is 0.253 e. The molecule has 0 fully saturated rings. The van der Waals surface area contributed by atoms with E-state index in [1.165, 1.54) is 0 Å². The minimum atomic E-state index is -0.0885. The number of rotatable bonds is 2. The average Bonchev–Trinajstić information content (AvgIpc) is 2.28. The maximum absolute atomic E-state index is 11.8. The number of nitrogens with zero attached hydrogens (tertiary/aromatic N) is 1. The summed E-state index contributed by atoms with van der Waals surface area (Å²) in [6.45, 7) is 3.87. The van der Waals surface area contributed by atoms with E-state index in [4.69, 9.17) is 0 Å². The van der Waals surface area contributed by atoms with Gasteiger partial charge in [0.15, 0.2) is 0 Å². The molecule has 1 N–H and O–H groups in total. The van der Waals surface area contributed by atoms with Gasteiger partial charge in [0.1, 0.15) is 0 Å². The number of hydrogen-bond donors (Lipinski definition) is 1. The highest BCUT2D eigenvalue weighted by Gasteiger charge is 2.09. The number of fused-ring (bicyclic) bond motifs is 1. The molecule has 0 aliphatic carbocycles. The first kappa shape index (κ1) is 12.0. The third-order valence-corrected chi connectivity index (χ3v) is 2.98. The second-order valence-corrected chi connectivity index (χ2v) is 5.02. The van der Waals surface area contributed by atoms with Gasteiger partial charge < -0.3 is 5.32 Å². The van der Waals surface area contributed by atoms with E-state index in [-0.39, 0.29) is 11.9 Å². The monoisotopic (exact) mass is 292 g/mol. The molecule has 2 aromatic rings. The second kappa shape index (κ2) is 4.84. The van der Waals surface area contributed by atoms with Crippen LogP contribution >= 0.6 is 15.9 Å². The quantitative estimate of drug-likeness (QED) is 0.924. The Balaban J connectivity index is 2.42. The molecule has 0 atom stereocenters. The number of carbonyl (C=O) groups is 1. The van der Waals surface area contributed by atoms with Gasteiger partial charge in [-0.05, 0) is 41.9 Å². The van der Waals surface area contributed by atoms with Crippen molar-refractivity contribution in [1.29, 1.82) is 0 Å². The summed E-state index contributed by atoms with van der Waals surface area (Å²) in [5.41, 5.74) is 1.46. The van der Waals surface area contributed by atoms with Gasteiger partial charge in [0.2, 0.25) is 0 Å². The molecule has 88 valence electrons. The van der Waals surface area contributed by atoms with Crippen molar-refractivity contribution in [1.82, 2.24) is 10.3 Å². The van der Waals surface area contributed by atoms with Crippen LogP contribution in [0, 0.1) is 0 Å². The number of carbonyl (C=O) groups excluding carboxylic acids is 1. The van der Waals surface area contributed by atoms with Crippen molar-refractivity contribution in [2.24, 2.45) is 0 Å². The first-order chi connectivity index (χ1) is 8.08. The molecule has 1 aromatic heterocycles. The maximum atomic E-state index is 11.8. The molecule has 0 saturated heterocycles. The van der Waals surface area contributed by atoms with Gasteiger partial charge in [-0.1, -0.05) is 12.1 Å². The number of amides is 1. The Hall–Kier alpha value is -1.42. The summed E-state index contributed by atoms with van der Waals surface area (Å²) in [5, 5.41) is 3.80. The van der Waals surface area contributed by atoms with E-state index in [0.29, 0.717) is 5.56 Å². The zero-order chi connectivity index (χ0) is 12.4. The fourth-order valence-electron chi connectivity index (χ4n) is 1.59. The third-order valence-electron chi connectivity index (χ3n) is 2.34. The standard InChI is InChI=1S/C13H13BrN2O/c1-8(2)16-13(17)10-6-9-4-3-5-11(14)12(9)15-7-10/h3-8H,1-2H3,(H,16,17). The Morgan fingerprint density at radius 1 is 1.41 bits per heavy atom. The van der Waals surface area contributed by atoms with Crippen LogP contribution in [0.1, 0.15) is 24.2 Å². The molecule has 2 rings (SSSR count). The van der Waals surface area contributed by atoms with Crippen LogP contribution in [0.2, 0.25) is 0 Å². The molecule has 0 saturated carbocycles. The highest BCUT2D eigenvalue weighted by molar-refractivity contribution is 9.10. The van der Waals surface area contributed by atoms with Gasteiger partial charge in [-0.15, -0.1) is 0 Å². The molecular weight excluding hydrogens is 280 g/mol. The van der Waals surface area contributed by atoms with Crippen molar-refractivity contribution >= 4 is 32.7 Å². The molecule has 0 radical (unpaired) electrons. The van der Waals surface area contributed by atoms with Crippen LogP contribution in [0.15, 0.2) is 34.9 Å². The number of aromatic nitrogens is 1. The molecule has 0 aliphatic heterocycles. The summed E-state index contributed by atoms with van der Waals surface area (Å²) in [4.78, 5) is 16.1. The van der Waals surface area contributed by atoms with E-state index < -0.39 is 0 Å². The first-order valence-corrected chi connectivity index (χ1v) is 6.22. The second-order valence-electron chi connectivity index (χ2n) is 4.16. The third kappa shape index (κ3) is 2.64. The van der Waals surface area contributed by atoms with Crippen LogP contribution in [-0.2, 0) is 0 Å². The molecule has 0 unspecified atom stereocenters. The number of halogens is 1. The molecule has 1 heterocycles. The molecule has 4 heteroatoms. The predicted molar refractivity (Wildman–Crippen MR) is 72.0 cm³/mol. The molecule has 1 aromatic carbocycles. The van der Waals surface area contributed by atoms with Crippen molar-refractivity contribution in [3.05, 3.63) is 40.5 Å². The lowest BCUT2D eigenvalue weighted by molar-refractivity contribution is 0.0943. The van der Waals surface area contributed by atoms with E-state index in [1.54, 1.807) is 6.20 Å². The largest absolute Gasteiger partial charge is 0.350 e. The van der Waals surface area contributed by atoms with Crippen LogP contribution in [0.25, 0.3) is 10.9 Å². The summed E-state index contributed by atoms with van der Waals surface area (Å²) in [6.07, 6.45) is 1.60. The van der Waals surface area contributed by atoms with Crippen molar-refractivity contribution in [2.75, 3.05) is 0 Å². The minimum Gasteiger partial charge on any atom is -0.350 e. The summed E-state index contributed by atoms with van der Waals surface area (Å²) < 4.78 is 0.936. The Labute approximate surface area is 108 Å². The van der Waals surface area contributed by atoms with Crippen LogP contribution in [-0.4, -0.2) is 16.9 Å². The summed E-state index contributed by atoms with van der Waals surface area (Å²) in [5.74, 6) is -0.0885. The number of pyridine rings is 1. The molecule has 0 aliphatic rings. The van der Waals surface area contributed by atoms with E-state index >= 15 is 0 Å². The molecule has 3 nitrogen and oxygen atoms in total. The van der Waals surface area contributed by atoms with E-state index in [0.717, 1.165) is 15.4 Å². The minimum absolute atomic E-state index is 0.0885. The van der Waals surface area contributed by atoms with Crippen LogP contribution in [0.3, 0.4) is 0 Å². The van der Waals surface area contributed by atoms with Crippen molar-refractivity contribution in [3.63, 3.8) is 0 Å². The summed E-state index contributed by atoms with van der Waals surface area (Å²) >= 11 is 3.44. The normalized spacial score (nSPS) is 10.8. The lowest BCUT2D eigenvalue weighted by Gasteiger charge is -2.08. The first-order valence-electron chi connectivity index (χ1n) is 5.43. The molecular formula is C13H13BrN2O. The van der Waals surface area contributed by atoms with E-state index in [2.05, 4.69) is 26.2 Å². The molecule has 17 heavy (non-hydrogen) atoms. The number of benzene rings is 1. The molecule has 1 amide bonds. The van der Waals surface area contributed by atoms with Crippen LogP contribution in [0.4, 0.5) is 0 Å². The average molecular weight is 293 g/mol. The van der Waals surface area contributed by atoms with Crippen molar-refractivity contribution in [3.8, 4) is 0 Å². The molecule has 0 bridgehead atoms. The molecule has 0 spiro atoms. The van der Waals surface area contributed by atoms with Gasteiger partial charge in [0.25, 0.3) is 5.91 Å². The Morgan fingerprint density at radius 2 is 2.18 bits per heavy atom. The van der Waals surface area contributed by atoms with Crippen LogP contribution < -0.4 is 5.32 Å². The van der Waals surface area contributed by atoms with Gasteiger partial charge in [0.05, 0.1) is 11.1 Å². The Bertz CT molecular complexity index is 566. The number of para-hydroxylation sites is 1. The topological polar surface area (TPSA) is 42.0 Å². The van der Waals surface area contributed by atoms with E-state index in [1.807, 2.05) is 38.1 Å².